The third-order valence-corrected chi connectivity index (χ3v) is 8.26. The smallest absolute Gasteiger partial charge is 0.243 e. The van der Waals surface area contributed by atoms with Crippen molar-refractivity contribution in [2.75, 3.05) is 39.3 Å². The monoisotopic (exact) mass is 429 g/mol. The minimum atomic E-state index is -3.52. The third kappa shape index (κ3) is 5.02. The summed E-state index contributed by atoms with van der Waals surface area (Å²) >= 11 is 0. The van der Waals surface area contributed by atoms with Crippen molar-refractivity contribution in [1.29, 1.82) is 0 Å². The van der Waals surface area contributed by atoms with Gasteiger partial charge in [-0.05, 0) is 41.7 Å². The van der Waals surface area contributed by atoms with E-state index in [2.05, 4.69) is 5.32 Å². The molecule has 2 aromatic rings. The maximum absolute atomic E-state index is 13.1. The van der Waals surface area contributed by atoms with E-state index in [0.29, 0.717) is 43.5 Å². The molecule has 1 aliphatic carbocycles. The van der Waals surface area contributed by atoms with Gasteiger partial charge in [0.15, 0.2) is 0 Å². The maximum atomic E-state index is 13.1. The van der Waals surface area contributed by atoms with Crippen molar-refractivity contribution < 1.29 is 13.2 Å². The number of carbonyl (C=O) groups excluding carboxylic acids is 1. The number of amides is 1. The molecule has 4 rings (SSSR count). The molecule has 2 fully saturated rings. The van der Waals surface area contributed by atoms with E-state index in [9.17, 15) is 13.2 Å². The Kier molecular flexibility index (Phi) is 6.71. The van der Waals surface area contributed by atoms with Gasteiger partial charge in [-0.2, -0.15) is 4.31 Å². The summed E-state index contributed by atoms with van der Waals surface area (Å²) < 4.78 is 27.7. The van der Waals surface area contributed by atoms with Gasteiger partial charge in [0.1, 0.15) is 0 Å². The van der Waals surface area contributed by atoms with Crippen molar-refractivity contribution in [3.63, 3.8) is 0 Å². The van der Waals surface area contributed by atoms with Crippen LogP contribution >= 0.6 is 0 Å². The van der Waals surface area contributed by atoms with Crippen molar-refractivity contribution in [2.45, 2.75) is 37.0 Å². The number of fused-ring (bicyclic) bond motifs is 1. The largest absolute Gasteiger partial charge is 0.355 e. The number of sulfonamides is 1. The lowest BCUT2D eigenvalue weighted by Gasteiger charge is -2.33. The zero-order chi connectivity index (χ0) is 21.0. The van der Waals surface area contributed by atoms with Crippen LogP contribution in [0.15, 0.2) is 47.4 Å². The Morgan fingerprint density at radius 1 is 0.933 bits per heavy atom. The van der Waals surface area contributed by atoms with E-state index in [1.165, 1.54) is 36.4 Å². The second-order valence-electron chi connectivity index (χ2n) is 8.50. The molecule has 2 aromatic carbocycles. The second kappa shape index (κ2) is 9.45. The standard InChI is InChI=1S/C23H31N3O3S/c27-23(24-17-19-6-2-1-3-7-19)18-25-12-14-26(15-13-25)30(28,29)22-11-10-20-8-4-5-9-21(20)16-22/h4-5,8-11,16,19H,1-3,6-7,12-15,17-18H2,(H,24,27). The molecule has 0 bridgehead atoms. The molecule has 30 heavy (non-hydrogen) atoms. The van der Waals surface area contributed by atoms with Gasteiger partial charge < -0.3 is 5.32 Å². The number of nitrogens with one attached hydrogen (secondary N) is 1. The van der Waals surface area contributed by atoms with E-state index >= 15 is 0 Å². The molecule has 2 aliphatic rings. The topological polar surface area (TPSA) is 69.7 Å². The molecule has 0 radical (unpaired) electrons. The van der Waals surface area contributed by atoms with Gasteiger partial charge >= 0.3 is 0 Å². The van der Waals surface area contributed by atoms with Crippen molar-refractivity contribution in [3.8, 4) is 0 Å². The van der Waals surface area contributed by atoms with Gasteiger partial charge in [0, 0.05) is 32.7 Å². The van der Waals surface area contributed by atoms with Crippen molar-refractivity contribution in [1.82, 2.24) is 14.5 Å². The first-order valence-corrected chi connectivity index (χ1v) is 12.4. The fraction of sp³-hybridized carbons (Fsp3) is 0.522. The van der Waals surface area contributed by atoms with E-state index in [1.54, 1.807) is 12.1 Å². The molecule has 0 spiro atoms. The SMILES string of the molecule is O=C(CN1CCN(S(=O)(=O)c2ccc3ccccc3c2)CC1)NCC1CCCCC1. The van der Waals surface area contributed by atoms with Gasteiger partial charge in [-0.3, -0.25) is 9.69 Å². The normalized spacial score (nSPS) is 19.7. The zero-order valence-electron chi connectivity index (χ0n) is 17.4. The molecular weight excluding hydrogens is 398 g/mol. The Morgan fingerprint density at radius 3 is 2.37 bits per heavy atom. The Hall–Kier alpha value is -1.96. The lowest BCUT2D eigenvalue weighted by Crippen LogP contribution is -2.51. The highest BCUT2D eigenvalue weighted by atomic mass is 32.2. The average molecular weight is 430 g/mol. The van der Waals surface area contributed by atoms with Gasteiger partial charge in [-0.1, -0.05) is 49.6 Å². The number of hydrogen-bond acceptors (Lipinski definition) is 4. The number of nitrogens with zero attached hydrogens (tertiary/aromatic N) is 2. The summed E-state index contributed by atoms with van der Waals surface area (Å²) in [6.45, 7) is 3.08. The molecule has 0 aromatic heterocycles. The molecule has 6 nitrogen and oxygen atoms in total. The Labute approximate surface area is 179 Å². The minimum absolute atomic E-state index is 0.0476. The fourth-order valence-electron chi connectivity index (χ4n) is 4.51. The molecule has 1 aliphatic heterocycles. The van der Waals surface area contributed by atoms with Crippen LogP contribution in [-0.4, -0.2) is 62.8 Å². The van der Waals surface area contributed by atoms with Crippen molar-refractivity contribution >= 4 is 26.7 Å². The number of piperazine rings is 1. The highest BCUT2D eigenvalue weighted by Crippen LogP contribution is 2.24. The summed E-state index contributed by atoms with van der Waals surface area (Å²) in [6.07, 6.45) is 6.29. The Morgan fingerprint density at radius 2 is 1.63 bits per heavy atom. The lowest BCUT2D eigenvalue weighted by atomic mass is 9.89. The molecule has 1 amide bonds. The minimum Gasteiger partial charge on any atom is -0.355 e. The van der Waals surface area contributed by atoms with Crippen molar-refractivity contribution in [3.05, 3.63) is 42.5 Å². The van der Waals surface area contributed by atoms with Crippen molar-refractivity contribution in [2.24, 2.45) is 5.92 Å². The van der Waals surface area contributed by atoms with E-state index < -0.39 is 10.0 Å². The summed E-state index contributed by atoms with van der Waals surface area (Å²) in [5, 5.41) is 5.02. The van der Waals surface area contributed by atoms with Gasteiger partial charge in [-0.15, -0.1) is 0 Å². The Balaban J connectivity index is 1.29. The van der Waals surface area contributed by atoms with Crippen LogP contribution in [0.3, 0.4) is 0 Å². The summed E-state index contributed by atoms with van der Waals surface area (Å²) in [7, 11) is -3.52. The van der Waals surface area contributed by atoms with Crippen LogP contribution in [0.4, 0.5) is 0 Å². The van der Waals surface area contributed by atoms with Crippen LogP contribution in [0.1, 0.15) is 32.1 Å². The van der Waals surface area contributed by atoms with Gasteiger partial charge in [0.2, 0.25) is 15.9 Å². The molecular formula is C23H31N3O3S. The van der Waals surface area contributed by atoms with Crippen LogP contribution in [0, 0.1) is 5.92 Å². The first kappa shape index (κ1) is 21.3. The molecule has 1 saturated heterocycles. The van der Waals surface area contributed by atoms with E-state index in [0.717, 1.165) is 17.3 Å². The summed E-state index contributed by atoms with van der Waals surface area (Å²) in [4.78, 5) is 14.7. The molecule has 7 heteroatoms. The van der Waals surface area contributed by atoms with Gasteiger partial charge in [0.25, 0.3) is 0 Å². The highest BCUT2D eigenvalue weighted by Gasteiger charge is 2.29. The highest BCUT2D eigenvalue weighted by molar-refractivity contribution is 7.89. The van der Waals surface area contributed by atoms with Crippen LogP contribution in [0.25, 0.3) is 10.8 Å². The predicted octanol–water partition coefficient (Wildman–Crippen LogP) is 2.84. The number of hydrogen-bond donors (Lipinski definition) is 1. The van der Waals surface area contributed by atoms with Gasteiger partial charge in [-0.25, -0.2) is 8.42 Å². The number of rotatable bonds is 6. The first-order chi connectivity index (χ1) is 14.5. The summed E-state index contributed by atoms with van der Waals surface area (Å²) in [5.41, 5.74) is 0. The molecule has 0 unspecified atom stereocenters. The molecule has 162 valence electrons. The third-order valence-electron chi connectivity index (χ3n) is 6.37. The van der Waals surface area contributed by atoms with Crippen LogP contribution < -0.4 is 5.32 Å². The molecule has 0 atom stereocenters. The van der Waals surface area contributed by atoms with Gasteiger partial charge in [0.05, 0.1) is 11.4 Å². The summed E-state index contributed by atoms with van der Waals surface area (Å²) in [6, 6.07) is 13.0. The predicted molar refractivity (Wildman–Crippen MR) is 119 cm³/mol. The van der Waals surface area contributed by atoms with Crippen LogP contribution in [0.5, 0.6) is 0 Å². The Bertz CT molecular complexity index is 978. The molecule has 1 heterocycles. The number of benzene rings is 2. The van der Waals surface area contributed by atoms with Crippen LogP contribution in [0.2, 0.25) is 0 Å². The van der Waals surface area contributed by atoms with E-state index in [4.69, 9.17) is 0 Å². The maximum Gasteiger partial charge on any atom is 0.243 e. The number of carbonyl (C=O) groups is 1. The van der Waals surface area contributed by atoms with E-state index in [1.807, 2.05) is 35.2 Å². The quantitative estimate of drug-likeness (QED) is 0.767. The molecule has 1 N–H and O–H groups in total. The summed E-state index contributed by atoms with van der Waals surface area (Å²) in [5.74, 6) is 0.665. The van der Waals surface area contributed by atoms with Crippen LogP contribution in [-0.2, 0) is 14.8 Å². The second-order valence-corrected chi connectivity index (χ2v) is 10.4. The lowest BCUT2D eigenvalue weighted by molar-refractivity contribution is -0.122. The average Bonchev–Trinajstić information content (AvgIpc) is 2.78. The first-order valence-electron chi connectivity index (χ1n) is 11.0. The zero-order valence-corrected chi connectivity index (χ0v) is 18.2. The fourth-order valence-corrected chi connectivity index (χ4v) is 5.97. The molecule has 1 saturated carbocycles. The van der Waals surface area contributed by atoms with E-state index in [-0.39, 0.29) is 5.91 Å².